The highest BCUT2D eigenvalue weighted by molar-refractivity contribution is 7.87. The zero-order valence-electron chi connectivity index (χ0n) is 16.2. The van der Waals surface area contributed by atoms with Gasteiger partial charge in [0.2, 0.25) is 0 Å². The highest BCUT2D eigenvalue weighted by Crippen LogP contribution is 2.37. The fourth-order valence-electron chi connectivity index (χ4n) is 2.90. The van der Waals surface area contributed by atoms with Gasteiger partial charge in [0, 0.05) is 23.4 Å². The Labute approximate surface area is 186 Å². The number of halogens is 4. The lowest BCUT2D eigenvalue weighted by molar-refractivity contribution is -0.141. The zero-order chi connectivity index (χ0) is 21.6. The second-order valence-electron chi connectivity index (χ2n) is 6.35. The lowest BCUT2D eigenvalue weighted by atomic mass is 10.2. The fraction of sp³-hybridized carbons (Fsp3) is 0.211. The number of pyridine rings is 1. The minimum Gasteiger partial charge on any atom is -0.412 e. The molecule has 0 saturated heterocycles. The molecule has 0 saturated carbocycles. The van der Waals surface area contributed by atoms with Crippen LogP contribution in [0.2, 0.25) is 5.02 Å². The van der Waals surface area contributed by atoms with Gasteiger partial charge in [0.1, 0.15) is 20.6 Å². The van der Waals surface area contributed by atoms with E-state index in [-0.39, 0.29) is 11.0 Å². The van der Waals surface area contributed by atoms with Crippen LogP contribution in [0.15, 0.2) is 40.7 Å². The Morgan fingerprint density at radius 3 is 2.48 bits per heavy atom. The van der Waals surface area contributed by atoms with E-state index >= 15 is 0 Å². The minimum atomic E-state index is -4.57. The van der Waals surface area contributed by atoms with E-state index in [2.05, 4.69) is 15.0 Å². The van der Waals surface area contributed by atoms with E-state index in [1.54, 1.807) is 42.8 Å². The first kappa shape index (κ1) is 23.3. The van der Waals surface area contributed by atoms with E-state index in [9.17, 15) is 17.4 Å². The Balaban J connectivity index is 0.00000272. The van der Waals surface area contributed by atoms with Gasteiger partial charge in [-0.05, 0) is 18.2 Å². The van der Waals surface area contributed by atoms with E-state index in [0.717, 1.165) is 17.8 Å². The molecule has 0 aliphatic heterocycles. The fourth-order valence-corrected chi connectivity index (χ4v) is 5.41. The summed E-state index contributed by atoms with van der Waals surface area (Å²) in [6, 6.07) is 7.97. The van der Waals surface area contributed by atoms with Crippen molar-refractivity contribution in [2.45, 2.75) is 17.3 Å². The second-order valence-corrected chi connectivity index (χ2v) is 9.72. The molecule has 31 heavy (non-hydrogen) atoms. The summed E-state index contributed by atoms with van der Waals surface area (Å²) in [4.78, 5) is 12.5. The van der Waals surface area contributed by atoms with Crippen LogP contribution in [-0.2, 0) is 24.0 Å². The molecule has 0 aliphatic carbocycles. The normalized spacial score (nSPS) is 12.7. The zero-order valence-corrected chi connectivity index (χ0v) is 18.6. The van der Waals surface area contributed by atoms with Crippen LogP contribution < -0.4 is 0 Å². The number of nitrogens with zero attached hydrogens (tertiary/aromatic N) is 4. The van der Waals surface area contributed by atoms with Crippen molar-refractivity contribution in [2.75, 3.05) is 5.75 Å². The van der Waals surface area contributed by atoms with Crippen LogP contribution in [0.25, 0.3) is 33.1 Å². The van der Waals surface area contributed by atoms with Crippen LogP contribution in [0.4, 0.5) is 13.2 Å². The Kier molecular flexibility index (Phi) is 6.51. The molecule has 12 heteroatoms. The molecule has 0 radical (unpaired) electrons. The number of rotatable bonds is 4. The van der Waals surface area contributed by atoms with Gasteiger partial charge in [-0.25, -0.2) is 15.0 Å². The highest BCUT2D eigenvalue weighted by Gasteiger charge is 2.33. The summed E-state index contributed by atoms with van der Waals surface area (Å²) < 4.78 is 53.9. The predicted molar refractivity (Wildman–Crippen MR) is 116 cm³/mol. The molecule has 0 aliphatic rings. The summed E-state index contributed by atoms with van der Waals surface area (Å²) in [5, 5.41) is 1.20. The molecule has 2 N–H and O–H groups in total. The molecular weight excluding hydrogens is 473 g/mol. The third kappa shape index (κ3) is 4.36. The van der Waals surface area contributed by atoms with Gasteiger partial charge in [-0.2, -0.15) is 13.2 Å². The van der Waals surface area contributed by atoms with E-state index in [1.165, 1.54) is 11.3 Å². The summed E-state index contributed by atoms with van der Waals surface area (Å²) in [6.45, 7) is 1.79. The Morgan fingerprint density at radius 1 is 1.19 bits per heavy atom. The average Bonchev–Trinajstić information content (AvgIpc) is 3.28. The molecular formula is C19H16ClF3N4O2S2. The molecule has 1 aromatic carbocycles. The van der Waals surface area contributed by atoms with Gasteiger partial charge in [0.25, 0.3) is 0 Å². The van der Waals surface area contributed by atoms with Crippen LogP contribution in [-0.4, -0.2) is 35.0 Å². The van der Waals surface area contributed by atoms with Crippen molar-refractivity contribution in [1.82, 2.24) is 19.5 Å². The summed E-state index contributed by atoms with van der Waals surface area (Å²) in [6.07, 6.45) is -3.43. The number of imidazole rings is 1. The summed E-state index contributed by atoms with van der Waals surface area (Å²) in [7, 11) is 0.339. The molecule has 6 nitrogen and oxygen atoms in total. The van der Waals surface area contributed by atoms with Crippen molar-refractivity contribution in [3.8, 4) is 22.1 Å². The quantitative estimate of drug-likeness (QED) is 0.415. The van der Waals surface area contributed by atoms with Gasteiger partial charge >= 0.3 is 6.18 Å². The van der Waals surface area contributed by atoms with Crippen molar-refractivity contribution in [1.29, 1.82) is 0 Å². The summed E-state index contributed by atoms with van der Waals surface area (Å²) in [5.41, 5.74) is 0.732. The molecule has 1 atom stereocenters. The number of fused-ring (bicyclic) bond motifs is 1. The van der Waals surface area contributed by atoms with Crippen molar-refractivity contribution in [3.05, 3.63) is 47.2 Å². The summed E-state index contributed by atoms with van der Waals surface area (Å²) >= 11 is 7.22. The standard InChI is InChI=1S/C19H14ClF3N4OS2.H2O/c1-3-30(28)18-15(26-17(29-18)10-4-6-11(20)7-5-10)16-25-12-8-14(19(21,22)23)24-9-13(12)27(16)2;/h4-9H,3H2,1-2H3;1H2. The van der Waals surface area contributed by atoms with E-state index in [1.807, 2.05) is 0 Å². The molecule has 0 bridgehead atoms. The van der Waals surface area contributed by atoms with E-state index in [4.69, 9.17) is 11.6 Å². The molecule has 4 aromatic rings. The maximum atomic E-state index is 13.0. The molecule has 0 amide bonds. The second kappa shape index (κ2) is 8.65. The van der Waals surface area contributed by atoms with Gasteiger partial charge in [-0.15, -0.1) is 11.3 Å². The lowest BCUT2D eigenvalue weighted by Gasteiger charge is -2.04. The van der Waals surface area contributed by atoms with Crippen molar-refractivity contribution in [2.24, 2.45) is 7.05 Å². The van der Waals surface area contributed by atoms with Crippen LogP contribution in [0, 0.1) is 0 Å². The van der Waals surface area contributed by atoms with Gasteiger partial charge in [-0.3, -0.25) is 4.21 Å². The van der Waals surface area contributed by atoms with Crippen LogP contribution in [0.3, 0.4) is 0 Å². The molecule has 1 unspecified atom stereocenters. The molecule has 3 aromatic heterocycles. The largest absolute Gasteiger partial charge is 0.433 e. The number of benzene rings is 1. The van der Waals surface area contributed by atoms with Gasteiger partial charge in [0.05, 0.1) is 28.0 Å². The van der Waals surface area contributed by atoms with Crippen LogP contribution >= 0.6 is 22.9 Å². The monoisotopic (exact) mass is 488 g/mol. The Bertz CT molecular complexity index is 1270. The van der Waals surface area contributed by atoms with E-state index < -0.39 is 22.7 Å². The number of thiazole rings is 1. The third-order valence-electron chi connectivity index (χ3n) is 4.43. The Morgan fingerprint density at radius 2 is 1.87 bits per heavy atom. The van der Waals surface area contributed by atoms with Crippen molar-refractivity contribution >= 4 is 44.8 Å². The minimum absolute atomic E-state index is 0. The van der Waals surface area contributed by atoms with Crippen molar-refractivity contribution < 1.29 is 22.9 Å². The molecule has 0 spiro atoms. The molecule has 0 fully saturated rings. The molecule has 3 heterocycles. The number of hydrogen-bond donors (Lipinski definition) is 0. The maximum absolute atomic E-state index is 13.0. The smallest absolute Gasteiger partial charge is 0.412 e. The van der Waals surface area contributed by atoms with Gasteiger partial charge < -0.3 is 10.0 Å². The first-order chi connectivity index (χ1) is 14.2. The van der Waals surface area contributed by atoms with Crippen LogP contribution in [0.1, 0.15) is 12.6 Å². The number of aryl methyl sites for hydroxylation is 1. The predicted octanol–water partition coefficient (Wildman–Crippen LogP) is 4.73. The number of aromatic nitrogens is 4. The number of alkyl halides is 3. The number of hydrogen-bond acceptors (Lipinski definition) is 5. The maximum Gasteiger partial charge on any atom is 0.433 e. The lowest BCUT2D eigenvalue weighted by Crippen LogP contribution is -2.07. The highest BCUT2D eigenvalue weighted by atomic mass is 35.5. The van der Waals surface area contributed by atoms with Gasteiger partial charge in [0.15, 0.2) is 5.82 Å². The first-order valence-corrected chi connectivity index (χ1v) is 11.3. The molecule has 164 valence electrons. The SMILES string of the molecule is CCS(=O)c1sc(-c2ccc(Cl)cc2)nc1-c1nc2cc(C(F)(F)F)ncc2n1C.O. The van der Waals surface area contributed by atoms with Crippen molar-refractivity contribution in [3.63, 3.8) is 0 Å². The average molecular weight is 489 g/mol. The summed E-state index contributed by atoms with van der Waals surface area (Å²) in [5.74, 6) is 0.707. The van der Waals surface area contributed by atoms with E-state index in [0.29, 0.717) is 37.0 Å². The molecule has 4 rings (SSSR count). The first-order valence-electron chi connectivity index (χ1n) is 8.74. The topological polar surface area (TPSA) is 92.2 Å². The third-order valence-corrected chi connectivity index (χ3v) is 7.52. The van der Waals surface area contributed by atoms with Crippen LogP contribution in [0.5, 0.6) is 0 Å². The Hall–Kier alpha value is -2.34. The van der Waals surface area contributed by atoms with Gasteiger partial charge in [-0.1, -0.05) is 30.7 Å².